The normalized spacial score (nSPS) is 14.8. The maximum atomic E-state index is 12.8. The molecule has 0 bridgehead atoms. The van der Waals surface area contributed by atoms with Gasteiger partial charge in [-0.05, 0) is 32.9 Å². The summed E-state index contributed by atoms with van der Waals surface area (Å²) in [5.41, 5.74) is 4.04. The number of aromatic nitrogens is 2. The first-order valence-corrected chi connectivity index (χ1v) is 9.31. The van der Waals surface area contributed by atoms with Gasteiger partial charge in [0.05, 0.1) is 0 Å². The summed E-state index contributed by atoms with van der Waals surface area (Å²) in [6.07, 6.45) is 0. The first kappa shape index (κ1) is 18.4. The van der Waals surface area contributed by atoms with Crippen molar-refractivity contribution in [3.8, 4) is 0 Å². The van der Waals surface area contributed by atoms with Crippen LogP contribution in [0.25, 0.3) is 0 Å². The van der Waals surface area contributed by atoms with Crippen LogP contribution in [-0.2, 0) is 0 Å². The van der Waals surface area contributed by atoms with Crippen molar-refractivity contribution in [2.75, 3.05) is 31.1 Å². The van der Waals surface area contributed by atoms with E-state index in [1.54, 1.807) is 0 Å². The molecule has 0 spiro atoms. The van der Waals surface area contributed by atoms with Crippen LogP contribution in [0.3, 0.4) is 0 Å². The van der Waals surface area contributed by atoms with Crippen LogP contribution in [0.5, 0.6) is 0 Å². The lowest BCUT2D eigenvalue weighted by atomic mass is 10.1. The highest BCUT2D eigenvalue weighted by Gasteiger charge is 2.23. The highest BCUT2D eigenvalue weighted by molar-refractivity contribution is 5.94. The van der Waals surface area contributed by atoms with Crippen molar-refractivity contribution in [1.29, 1.82) is 0 Å². The zero-order valence-electron chi connectivity index (χ0n) is 16.4. The van der Waals surface area contributed by atoms with E-state index >= 15 is 0 Å². The molecule has 1 aromatic heterocycles. The standard InChI is InChI=1S/C21H28N4O/c1-14(2)20-22-17(5)13-19(23-20)24-6-8-25(9-7-24)21(26)18-11-15(3)10-16(4)12-18/h10-14H,6-9H2,1-5H3. The van der Waals surface area contributed by atoms with Gasteiger partial charge in [0.1, 0.15) is 11.6 Å². The Balaban J connectivity index is 1.70. The van der Waals surface area contributed by atoms with Gasteiger partial charge in [0.25, 0.3) is 5.91 Å². The Bertz CT molecular complexity index is 787. The van der Waals surface area contributed by atoms with Gasteiger partial charge in [-0.1, -0.05) is 31.0 Å². The van der Waals surface area contributed by atoms with E-state index < -0.39 is 0 Å². The largest absolute Gasteiger partial charge is 0.353 e. The number of aryl methyl sites for hydroxylation is 3. The van der Waals surface area contributed by atoms with E-state index in [2.05, 4.69) is 29.8 Å². The van der Waals surface area contributed by atoms with Gasteiger partial charge in [-0.15, -0.1) is 0 Å². The Kier molecular flexibility index (Phi) is 5.25. The Morgan fingerprint density at radius 1 is 0.923 bits per heavy atom. The number of hydrogen-bond acceptors (Lipinski definition) is 4. The molecule has 1 aromatic carbocycles. The van der Waals surface area contributed by atoms with Crippen LogP contribution in [0.1, 0.15) is 52.8 Å². The molecular weight excluding hydrogens is 324 g/mol. The number of anilines is 1. The van der Waals surface area contributed by atoms with Crippen LogP contribution in [0.2, 0.25) is 0 Å². The highest BCUT2D eigenvalue weighted by Crippen LogP contribution is 2.20. The van der Waals surface area contributed by atoms with E-state index in [9.17, 15) is 4.79 Å². The van der Waals surface area contributed by atoms with Gasteiger partial charge >= 0.3 is 0 Å². The third kappa shape index (κ3) is 4.03. The number of nitrogens with zero attached hydrogens (tertiary/aromatic N) is 4. The molecule has 0 atom stereocenters. The second kappa shape index (κ2) is 7.44. The highest BCUT2D eigenvalue weighted by atomic mass is 16.2. The maximum absolute atomic E-state index is 12.8. The van der Waals surface area contributed by atoms with Crippen LogP contribution >= 0.6 is 0 Å². The fraction of sp³-hybridized carbons (Fsp3) is 0.476. The molecule has 138 valence electrons. The molecule has 1 saturated heterocycles. The lowest BCUT2D eigenvalue weighted by Crippen LogP contribution is -2.49. The summed E-state index contributed by atoms with van der Waals surface area (Å²) in [6.45, 7) is 13.3. The Morgan fingerprint density at radius 3 is 2.12 bits per heavy atom. The van der Waals surface area contributed by atoms with Gasteiger partial charge < -0.3 is 9.80 Å². The first-order valence-electron chi connectivity index (χ1n) is 9.31. The molecule has 1 aliphatic heterocycles. The van der Waals surface area contributed by atoms with Crippen molar-refractivity contribution in [3.05, 3.63) is 52.5 Å². The Hall–Kier alpha value is -2.43. The fourth-order valence-corrected chi connectivity index (χ4v) is 3.41. The van der Waals surface area contributed by atoms with E-state index in [1.165, 1.54) is 0 Å². The van der Waals surface area contributed by atoms with Crippen LogP contribution in [0, 0.1) is 20.8 Å². The van der Waals surface area contributed by atoms with Gasteiger partial charge in [-0.2, -0.15) is 0 Å². The summed E-state index contributed by atoms with van der Waals surface area (Å²) in [6, 6.07) is 8.08. The average molecular weight is 352 g/mol. The van der Waals surface area contributed by atoms with Crippen molar-refractivity contribution in [2.24, 2.45) is 0 Å². The predicted molar refractivity (Wildman–Crippen MR) is 105 cm³/mol. The van der Waals surface area contributed by atoms with E-state index in [4.69, 9.17) is 4.98 Å². The third-order valence-corrected chi connectivity index (χ3v) is 4.73. The van der Waals surface area contributed by atoms with Gasteiger partial charge in [-0.3, -0.25) is 4.79 Å². The topological polar surface area (TPSA) is 49.3 Å². The second-order valence-electron chi connectivity index (χ2n) is 7.54. The van der Waals surface area contributed by atoms with E-state index in [1.807, 2.05) is 43.9 Å². The van der Waals surface area contributed by atoms with Gasteiger partial charge in [-0.25, -0.2) is 9.97 Å². The van der Waals surface area contributed by atoms with Crippen LogP contribution in [0.15, 0.2) is 24.3 Å². The van der Waals surface area contributed by atoms with Crippen LogP contribution < -0.4 is 4.90 Å². The number of rotatable bonds is 3. The summed E-state index contributed by atoms with van der Waals surface area (Å²) in [4.78, 5) is 26.3. The summed E-state index contributed by atoms with van der Waals surface area (Å²) >= 11 is 0. The SMILES string of the molecule is Cc1cc(C)cc(C(=O)N2CCN(c3cc(C)nc(C(C)C)n3)CC2)c1. The van der Waals surface area contributed by atoms with Crippen molar-refractivity contribution >= 4 is 11.7 Å². The lowest BCUT2D eigenvalue weighted by molar-refractivity contribution is 0.0746. The second-order valence-corrected chi connectivity index (χ2v) is 7.54. The van der Waals surface area contributed by atoms with Crippen molar-refractivity contribution in [3.63, 3.8) is 0 Å². The van der Waals surface area contributed by atoms with E-state index in [0.29, 0.717) is 19.0 Å². The zero-order valence-corrected chi connectivity index (χ0v) is 16.4. The molecule has 1 amide bonds. The average Bonchev–Trinajstić information content (AvgIpc) is 2.60. The minimum absolute atomic E-state index is 0.123. The molecule has 0 saturated carbocycles. The Morgan fingerprint density at radius 2 is 1.54 bits per heavy atom. The monoisotopic (exact) mass is 352 g/mol. The molecule has 0 N–H and O–H groups in total. The molecular formula is C21H28N4O. The number of carbonyl (C=O) groups is 1. The third-order valence-electron chi connectivity index (χ3n) is 4.73. The van der Waals surface area contributed by atoms with Crippen molar-refractivity contribution in [1.82, 2.24) is 14.9 Å². The molecule has 5 heteroatoms. The summed E-state index contributed by atoms with van der Waals surface area (Å²) in [5.74, 6) is 2.28. The number of amides is 1. The summed E-state index contributed by atoms with van der Waals surface area (Å²) in [7, 11) is 0. The van der Waals surface area contributed by atoms with Gasteiger partial charge in [0, 0.05) is 49.4 Å². The van der Waals surface area contributed by atoms with E-state index in [-0.39, 0.29) is 5.91 Å². The predicted octanol–water partition coefficient (Wildman–Crippen LogP) is 3.49. The number of piperazine rings is 1. The Labute approximate surface area is 156 Å². The first-order chi connectivity index (χ1) is 12.3. The molecule has 3 rings (SSSR count). The maximum Gasteiger partial charge on any atom is 0.253 e. The molecule has 2 heterocycles. The molecule has 26 heavy (non-hydrogen) atoms. The molecule has 0 unspecified atom stereocenters. The van der Waals surface area contributed by atoms with Gasteiger partial charge in [0.15, 0.2) is 0 Å². The summed E-state index contributed by atoms with van der Waals surface area (Å²) < 4.78 is 0. The molecule has 1 aliphatic rings. The molecule has 2 aromatic rings. The molecule has 1 fully saturated rings. The lowest BCUT2D eigenvalue weighted by Gasteiger charge is -2.35. The van der Waals surface area contributed by atoms with Gasteiger partial charge in [0.2, 0.25) is 0 Å². The minimum atomic E-state index is 0.123. The smallest absolute Gasteiger partial charge is 0.253 e. The minimum Gasteiger partial charge on any atom is -0.353 e. The fourth-order valence-electron chi connectivity index (χ4n) is 3.41. The molecule has 0 aliphatic carbocycles. The summed E-state index contributed by atoms with van der Waals surface area (Å²) in [5, 5.41) is 0. The van der Waals surface area contributed by atoms with Crippen LogP contribution in [-0.4, -0.2) is 47.0 Å². The zero-order chi connectivity index (χ0) is 18.8. The molecule has 0 radical (unpaired) electrons. The number of carbonyl (C=O) groups excluding carboxylic acids is 1. The van der Waals surface area contributed by atoms with Crippen molar-refractivity contribution in [2.45, 2.75) is 40.5 Å². The number of benzene rings is 1. The van der Waals surface area contributed by atoms with Crippen molar-refractivity contribution < 1.29 is 4.79 Å². The number of hydrogen-bond donors (Lipinski definition) is 0. The molecule has 5 nitrogen and oxygen atoms in total. The van der Waals surface area contributed by atoms with E-state index in [0.717, 1.165) is 47.1 Å². The van der Waals surface area contributed by atoms with Crippen LogP contribution in [0.4, 0.5) is 5.82 Å². The quantitative estimate of drug-likeness (QED) is 0.848.